The molecule has 7 heteroatoms. The van der Waals surface area contributed by atoms with Crippen LogP contribution in [0.15, 0.2) is 17.8 Å². The Hall–Kier alpha value is -2.28. The molecule has 0 aromatic heterocycles. The van der Waals surface area contributed by atoms with Gasteiger partial charge in [-0.2, -0.15) is 0 Å². The summed E-state index contributed by atoms with van der Waals surface area (Å²) < 4.78 is 16.1. The van der Waals surface area contributed by atoms with Gasteiger partial charge in [-0.1, -0.05) is 13.3 Å². The normalized spacial score (nSPS) is 16.0. The first-order chi connectivity index (χ1) is 12.0. The second kappa shape index (κ2) is 8.20. The van der Waals surface area contributed by atoms with E-state index in [-0.39, 0.29) is 5.91 Å². The Morgan fingerprint density at radius 2 is 1.72 bits per heavy atom. The molecule has 0 spiro atoms. The average Bonchev–Trinajstić information content (AvgIpc) is 2.82. The topological polar surface area (TPSA) is 51.2 Å². The lowest BCUT2D eigenvalue weighted by Gasteiger charge is -2.15. The van der Waals surface area contributed by atoms with E-state index in [2.05, 4.69) is 6.92 Å². The third kappa shape index (κ3) is 3.71. The summed E-state index contributed by atoms with van der Waals surface area (Å²) in [6.07, 6.45) is 3.70. The number of rotatable bonds is 7. The van der Waals surface area contributed by atoms with Gasteiger partial charge in [0.1, 0.15) is 5.70 Å². The maximum Gasteiger partial charge on any atom is 0.276 e. The molecule has 1 heterocycles. The van der Waals surface area contributed by atoms with Crippen LogP contribution < -0.4 is 14.2 Å². The molecule has 1 aliphatic rings. The van der Waals surface area contributed by atoms with E-state index < -0.39 is 0 Å². The molecule has 1 aliphatic heterocycles. The number of amides is 1. The van der Waals surface area contributed by atoms with Crippen LogP contribution in [0.5, 0.6) is 17.2 Å². The highest BCUT2D eigenvalue weighted by molar-refractivity contribution is 7.80. The average molecular weight is 364 g/mol. The molecule has 1 amide bonds. The molecule has 1 fully saturated rings. The fourth-order valence-corrected chi connectivity index (χ4v) is 2.94. The van der Waals surface area contributed by atoms with Crippen molar-refractivity contribution < 1.29 is 19.0 Å². The predicted molar refractivity (Wildman–Crippen MR) is 101 cm³/mol. The minimum absolute atomic E-state index is 0.0882. The van der Waals surface area contributed by atoms with Gasteiger partial charge in [0.2, 0.25) is 5.75 Å². The van der Waals surface area contributed by atoms with Crippen molar-refractivity contribution >= 4 is 29.3 Å². The molecular formula is C18H24N2O4S. The van der Waals surface area contributed by atoms with Crippen LogP contribution in [0.4, 0.5) is 0 Å². The summed E-state index contributed by atoms with van der Waals surface area (Å²) in [5.74, 6) is 1.49. The Balaban J connectivity index is 2.42. The second-order valence-electron chi connectivity index (χ2n) is 5.64. The van der Waals surface area contributed by atoms with Crippen molar-refractivity contribution in [1.29, 1.82) is 0 Å². The quantitative estimate of drug-likeness (QED) is 0.548. The zero-order valence-electron chi connectivity index (χ0n) is 15.3. The van der Waals surface area contributed by atoms with Gasteiger partial charge in [-0.3, -0.25) is 9.69 Å². The molecule has 6 nitrogen and oxygen atoms in total. The van der Waals surface area contributed by atoms with Gasteiger partial charge in [0.25, 0.3) is 5.91 Å². The summed E-state index contributed by atoms with van der Waals surface area (Å²) in [7, 11) is 6.47. The zero-order valence-corrected chi connectivity index (χ0v) is 16.1. The molecule has 0 unspecified atom stereocenters. The lowest BCUT2D eigenvalue weighted by atomic mass is 10.1. The first-order valence-electron chi connectivity index (χ1n) is 8.09. The molecule has 0 radical (unpaired) electrons. The van der Waals surface area contributed by atoms with Gasteiger partial charge < -0.3 is 19.1 Å². The molecule has 136 valence electrons. The van der Waals surface area contributed by atoms with Crippen LogP contribution in [0.1, 0.15) is 25.3 Å². The van der Waals surface area contributed by atoms with Crippen LogP contribution in [0.3, 0.4) is 0 Å². The summed E-state index contributed by atoms with van der Waals surface area (Å²) in [6.45, 7) is 2.71. The number of nitrogens with zero attached hydrogens (tertiary/aromatic N) is 2. The van der Waals surface area contributed by atoms with Crippen LogP contribution >= 0.6 is 12.2 Å². The molecule has 2 rings (SSSR count). The summed E-state index contributed by atoms with van der Waals surface area (Å²) >= 11 is 5.40. The summed E-state index contributed by atoms with van der Waals surface area (Å²) in [6, 6.07) is 3.60. The number of thiocarbonyl (C=S) groups is 1. The van der Waals surface area contributed by atoms with E-state index in [0.717, 1.165) is 18.4 Å². The van der Waals surface area contributed by atoms with E-state index in [1.807, 2.05) is 0 Å². The number of methoxy groups -OCH3 is 3. The van der Waals surface area contributed by atoms with Gasteiger partial charge in [0.15, 0.2) is 16.6 Å². The number of likely N-dealkylation sites (N-methyl/N-ethyl adjacent to an activating group) is 1. The predicted octanol–water partition coefficient (Wildman–Crippen LogP) is 2.91. The zero-order chi connectivity index (χ0) is 18.6. The lowest BCUT2D eigenvalue weighted by Crippen LogP contribution is -2.32. The second-order valence-corrected chi connectivity index (χ2v) is 6.01. The summed E-state index contributed by atoms with van der Waals surface area (Å²) in [5.41, 5.74) is 1.29. The van der Waals surface area contributed by atoms with E-state index in [1.165, 1.54) is 0 Å². The number of unbranched alkanes of at least 4 members (excludes halogenated alkanes) is 1. The largest absolute Gasteiger partial charge is 0.493 e. The van der Waals surface area contributed by atoms with Crippen LogP contribution in [0.2, 0.25) is 0 Å². The summed E-state index contributed by atoms with van der Waals surface area (Å²) in [4.78, 5) is 16.1. The monoisotopic (exact) mass is 364 g/mol. The molecule has 1 aromatic carbocycles. The SMILES string of the molecule is CCCCN1C(=O)C(=Cc2cc(OC)c(OC)c(OC)c2)N(C)C1=S. The van der Waals surface area contributed by atoms with Crippen LogP contribution in [0.25, 0.3) is 6.08 Å². The number of ether oxygens (including phenoxy) is 3. The minimum atomic E-state index is -0.0882. The highest BCUT2D eigenvalue weighted by atomic mass is 32.1. The number of carbonyl (C=O) groups is 1. The van der Waals surface area contributed by atoms with Crippen LogP contribution in [0, 0.1) is 0 Å². The van der Waals surface area contributed by atoms with Crippen LogP contribution in [-0.2, 0) is 4.79 Å². The first kappa shape index (κ1) is 19.1. The molecule has 0 atom stereocenters. The number of hydrogen-bond donors (Lipinski definition) is 0. The maximum absolute atomic E-state index is 12.7. The van der Waals surface area contributed by atoms with Gasteiger partial charge in [0.05, 0.1) is 21.3 Å². The van der Waals surface area contributed by atoms with E-state index in [1.54, 1.807) is 56.4 Å². The van der Waals surface area contributed by atoms with E-state index in [9.17, 15) is 4.79 Å². The van der Waals surface area contributed by atoms with Crippen molar-refractivity contribution in [2.24, 2.45) is 0 Å². The van der Waals surface area contributed by atoms with Crippen LogP contribution in [-0.4, -0.2) is 55.7 Å². The Labute approximate surface area is 153 Å². The van der Waals surface area contributed by atoms with Crippen molar-refractivity contribution in [3.63, 3.8) is 0 Å². The van der Waals surface area contributed by atoms with E-state index >= 15 is 0 Å². The lowest BCUT2D eigenvalue weighted by molar-refractivity contribution is -0.122. The Bertz CT molecular complexity index is 677. The van der Waals surface area contributed by atoms with Gasteiger partial charge >= 0.3 is 0 Å². The van der Waals surface area contributed by atoms with Gasteiger partial charge in [-0.15, -0.1) is 0 Å². The van der Waals surface area contributed by atoms with Crippen molar-refractivity contribution in [2.75, 3.05) is 34.9 Å². The highest BCUT2D eigenvalue weighted by Crippen LogP contribution is 2.39. The molecular weight excluding hydrogens is 340 g/mol. The Morgan fingerprint density at radius 3 is 2.20 bits per heavy atom. The van der Waals surface area contributed by atoms with Crippen molar-refractivity contribution in [3.8, 4) is 17.2 Å². The number of benzene rings is 1. The molecule has 25 heavy (non-hydrogen) atoms. The Kier molecular flexibility index (Phi) is 6.25. The van der Waals surface area contributed by atoms with Gasteiger partial charge in [-0.05, 0) is 42.4 Å². The molecule has 0 bridgehead atoms. The smallest absolute Gasteiger partial charge is 0.276 e. The van der Waals surface area contributed by atoms with E-state index in [4.69, 9.17) is 26.4 Å². The summed E-state index contributed by atoms with van der Waals surface area (Å²) in [5, 5.41) is 0.525. The molecule has 0 saturated carbocycles. The number of carbonyl (C=O) groups excluding carboxylic acids is 1. The first-order valence-corrected chi connectivity index (χ1v) is 8.50. The third-order valence-electron chi connectivity index (χ3n) is 4.07. The van der Waals surface area contributed by atoms with Crippen molar-refractivity contribution in [2.45, 2.75) is 19.8 Å². The highest BCUT2D eigenvalue weighted by Gasteiger charge is 2.35. The van der Waals surface area contributed by atoms with Gasteiger partial charge in [-0.25, -0.2) is 0 Å². The molecule has 1 aromatic rings. The maximum atomic E-state index is 12.7. The fourth-order valence-electron chi connectivity index (χ4n) is 2.67. The van der Waals surface area contributed by atoms with Gasteiger partial charge in [0, 0.05) is 13.6 Å². The molecule has 1 saturated heterocycles. The molecule has 0 N–H and O–H groups in total. The minimum Gasteiger partial charge on any atom is -0.493 e. The third-order valence-corrected chi connectivity index (χ3v) is 4.56. The fraction of sp³-hybridized carbons (Fsp3) is 0.444. The Morgan fingerprint density at radius 1 is 1.12 bits per heavy atom. The van der Waals surface area contributed by atoms with E-state index in [0.29, 0.717) is 34.6 Å². The number of hydrogen-bond acceptors (Lipinski definition) is 5. The van der Waals surface area contributed by atoms with Crippen molar-refractivity contribution in [1.82, 2.24) is 9.80 Å². The van der Waals surface area contributed by atoms with Crippen molar-refractivity contribution in [3.05, 3.63) is 23.4 Å². The standard InChI is InChI=1S/C18H24N2O4S/c1-6-7-8-20-17(21)13(19(2)18(20)25)9-12-10-14(22-3)16(24-5)15(11-12)23-4/h9-11H,6-8H2,1-5H3. The molecule has 0 aliphatic carbocycles.